The molecule has 0 aliphatic carbocycles. The average molecular weight is 304 g/mol. The Morgan fingerprint density at radius 3 is 2.38 bits per heavy atom. The maximum Gasteiger partial charge on any atom is 0.192 e. The largest absolute Gasteiger partial charge is 0.413 e. The smallest absolute Gasteiger partial charge is 0.192 e. The minimum atomic E-state index is -1.72. The van der Waals surface area contributed by atoms with Crippen LogP contribution < -0.4 is 0 Å². The summed E-state index contributed by atoms with van der Waals surface area (Å²) >= 11 is 0. The number of hydrogen-bond donors (Lipinski definition) is 0. The van der Waals surface area contributed by atoms with Crippen LogP contribution in [-0.4, -0.2) is 28.3 Å². The van der Waals surface area contributed by atoms with E-state index in [1.54, 1.807) is 4.68 Å². The molecular weight excluding hydrogens is 280 g/mol. The molecule has 21 heavy (non-hydrogen) atoms. The summed E-state index contributed by atoms with van der Waals surface area (Å²) in [5.41, 5.74) is 2.71. The van der Waals surface area contributed by atoms with Gasteiger partial charge in [0.2, 0.25) is 0 Å². The highest BCUT2D eigenvalue weighted by Gasteiger charge is 2.36. The number of aromatic nitrogens is 4. The standard InChI is InChI=1S/C15H24N4OSi/c1-15(2,3)21(5,6)20-11-12-7-8-13(16-9-12)14-10-19(4)18-17-14/h7-10H,11H2,1-6H3. The van der Waals surface area contributed by atoms with Gasteiger partial charge in [0, 0.05) is 13.2 Å². The van der Waals surface area contributed by atoms with Crippen molar-refractivity contribution in [3.63, 3.8) is 0 Å². The topological polar surface area (TPSA) is 52.8 Å². The Bertz CT molecular complexity index is 599. The Labute approximate surface area is 127 Å². The van der Waals surface area contributed by atoms with Crippen molar-refractivity contribution in [1.29, 1.82) is 0 Å². The lowest BCUT2D eigenvalue weighted by Crippen LogP contribution is -2.40. The first-order chi connectivity index (χ1) is 9.69. The third kappa shape index (κ3) is 3.77. The first-order valence-corrected chi connectivity index (χ1v) is 10.1. The fourth-order valence-electron chi connectivity index (χ4n) is 1.61. The van der Waals surface area contributed by atoms with E-state index in [1.807, 2.05) is 31.6 Å². The molecule has 2 aromatic heterocycles. The predicted molar refractivity (Wildman–Crippen MR) is 86.2 cm³/mol. The van der Waals surface area contributed by atoms with Gasteiger partial charge in [0.05, 0.1) is 18.5 Å². The van der Waals surface area contributed by atoms with Crippen LogP contribution in [0.3, 0.4) is 0 Å². The van der Waals surface area contributed by atoms with Gasteiger partial charge >= 0.3 is 0 Å². The second-order valence-corrected chi connectivity index (χ2v) is 11.7. The van der Waals surface area contributed by atoms with Gasteiger partial charge in [-0.15, -0.1) is 5.10 Å². The van der Waals surface area contributed by atoms with E-state index in [2.05, 4.69) is 49.2 Å². The molecule has 0 unspecified atom stereocenters. The lowest BCUT2D eigenvalue weighted by atomic mass is 10.2. The van der Waals surface area contributed by atoms with Gasteiger partial charge < -0.3 is 4.43 Å². The van der Waals surface area contributed by atoms with Crippen molar-refractivity contribution < 1.29 is 4.43 Å². The van der Waals surface area contributed by atoms with Gasteiger partial charge in [-0.2, -0.15) is 0 Å². The monoisotopic (exact) mass is 304 g/mol. The number of aryl methyl sites for hydroxylation is 1. The van der Waals surface area contributed by atoms with E-state index in [1.165, 1.54) is 0 Å². The highest BCUT2D eigenvalue weighted by atomic mass is 28.4. The van der Waals surface area contributed by atoms with Crippen LogP contribution in [0.4, 0.5) is 0 Å². The fraction of sp³-hybridized carbons (Fsp3) is 0.533. The Morgan fingerprint density at radius 2 is 1.90 bits per heavy atom. The lowest BCUT2D eigenvalue weighted by molar-refractivity contribution is 0.276. The quantitative estimate of drug-likeness (QED) is 0.812. The summed E-state index contributed by atoms with van der Waals surface area (Å²) in [5.74, 6) is 0. The minimum absolute atomic E-state index is 0.222. The molecule has 0 bridgehead atoms. The molecule has 0 saturated heterocycles. The van der Waals surface area contributed by atoms with Gasteiger partial charge in [0.1, 0.15) is 5.69 Å². The van der Waals surface area contributed by atoms with Crippen LogP contribution in [0, 0.1) is 0 Å². The molecule has 0 fully saturated rings. The van der Waals surface area contributed by atoms with E-state index in [-0.39, 0.29) is 5.04 Å². The van der Waals surface area contributed by atoms with Crippen molar-refractivity contribution in [3.05, 3.63) is 30.1 Å². The van der Waals surface area contributed by atoms with Gasteiger partial charge in [-0.3, -0.25) is 9.67 Å². The van der Waals surface area contributed by atoms with Crippen LogP contribution in [0.2, 0.25) is 18.1 Å². The Hall–Kier alpha value is -1.53. The third-order valence-corrected chi connectivity index (χ3v) is 8.57. The van der Waals surface area contributed by atoms with Gasteiger partial charge in [0.25, 0.3) is 0 Å². The molecule has 0 aromatic carbocycles. The number of rotatable bonds is 4. The molecule has 0 radical (unpaired) electrons. The zero-order chi connectivity index (χ0) is 15.7. The number of nitrogens with zero attached hydrogens (tertiary/aromatic N) is 4. The van der Waals surface area contributed by atoms with Crippen LogP contribution in [0.15, 0.2) is 24.5 Å². The highest BCUT2D eigenvalue weighted by molar-refractivity contribution is 6.74. The maximum atomic E-state index is 6.20. The molecule has 5 nitrogen and oxygen atoms in total. The zero-order valence-corrected chi connectivity index (χ0v) is 14.7. The second kappa shape index (κ2) is 5.69. The first kappa shape index (κ1) is 15.8. The molecule has 2 heterocycles. The van der Waals surface area contributed by atoms with Gasteiger partial charge in [0.15, 0.2) is 8.32 Å². The molecule has 0 N–H and O–H groups in total. The number of pyridine rings is 1. The lowest BCUT2D eigenvalue weighted by Gasteiger charge is -2.36. The van der Waals surface area contributed by atoms with Crippen molar-refractivity contribution in [2.75, 3.05) is 0 Å². The molecule has 2 rings (SSSR count). The van der Waals surface area contributed by atoms with Crippen LogP contribution in [0.5, 0.6) is 0 Å². The van der Waals surface area contributed by atoms with Gasteiger partial charge in [-0.05, 0) is 29.8 Å². The summed E-state index contributed by atoms with van der Waals surface area (Å²) in [7, 11) is 0.130. The van der Waals surface area contributed by atoms with E-state index >= 15 is 0 Å². The Balaban J connectivity index is 2.03. The SMILES string of the molecule is Cn1cc(-c2ccc(CO[Si](C)(C)C(C)(C)C)cn2)nn1. The average Bonchev–Trinajstić information content (AvgIpc) is 2.82. The molecular formula is C15H24N4OSi. The third-order valence-electron chi connectivity index (χ3n) is 4.10. The summed E-state index contributed by atoms with van der Waals surface area (Å²) in [5, 5.41) is 8.20. The van der Waals surface area contributed by atoms with Crippen LogP contribution in [0.1, 0.15) is 26.3 Å². The molecule has 0 aliphatic rings. The van der Waals surface area contributed by atoms with Crippen molar-refractivity contribution in [2.45, 2.75) is 45.5 Å². The fourth-order valence-corrected chi connectivity index (χ4v) is 2.57. The molecule has 0 atom stereocenters. The van der Waals surface area contributed by atoms with E-state index in [0.717, 1.165) is 17.0 Å². The summed E-state index contributed by atoms with van der Waals surface area (Å²) < 4.78 is 7.87. The molecule has 0 saturated carbocycles. The maximum absolute atomic E-state index is 6.20. The van der Waals surface area contributed by atoms with Gasteiger partial charge in [-0.25, -0.2) is 0 Å². The summed E-state index contributed by atoms with van der Waals surface area (Å²) in [4.78, 5) is 4.44. The highest BCUT2D eigenvalue weighted by Crippen LogP contribution is 2.37. The molecule has 0 aliphatic heterocycles. The first-order valence-electron chi connectivity index (χ1n) is 7.15. The van der Waals surface area contributed by atoms with Gasteiger partial charge in [-0.1, -0.05) is 32.1 Å². The molecule has 6 heteroatoms. The van der Waals surface area contributed by atoms with Crippen molar-refractivity contribution in [2.24, 2.45) is 7.05 Å². The van der Waals surface area contributed by atoms with Crippen molar-refractivity contribution >= 4 is 8.32 Å². The van der Waals surface area contributed by atoms with E-state index in [4.69, 9.17) is 4.43 Å². The number of hydrogen-bond acceptors (Lipinski definition) is 4. The zero-order valence-electron chi connectivity index (χ0n) is 13.7. The summed E-state index contributed by atoms with van der Waals surface area (Å²) in [6.45, 7) is 11.9. The Kier molecular flexibility index (Phi) is 4.29. The Morgan fingerprint density at radius 1 is 1.19 bits per heavy atom. The summed E-state index contributed by atoms with van der Waals surface area (Å²) in [6.07, 6.45) is 3.71. The van der Waals surface area contributed by atoms with Crippen molar-refractivity contribution in [3.8, 4) is 11.4 Å². The molecule has 0 spiro atoms. The molecule has 2 aromatic rings. The predicted octanol–water partition coefficient (Wildman–Crippen LogP) is 3.40. The van der Waals surface area contributed by atoms with E-state index in [9.17, 15) is 0 Å². The second-order valence-electron chi connectivity index (χ2n) is 6.88. The van der Waals surface area contributed by atoms with Crippen molar-refractivity contribution in [1.82, 2.24) is 20.0 Å². The van der Waals surface area contributed by atoms with E-state index < -0.39 is 8.32 Å². The summed E-state index contributed by atoms with van der Waals surface area (Å²) in [6, 6.07) is 4.01. The molecule has 0 amide bonds. The van der Waals surface area contributed by atoms with E-state index in [0.29, 0.717) is 6.61 Å². The molecule has 114 valence electrons. The normalized spacial score (nSPS) is 12.7. The van der Waals surface area contributed by atoms with Crippen LogP contribution in [-0.2, 0) is 18.1 Å². The van der Waals surface area contributed by atoms with Crippen LogP contribution >= 0.6 is 0 Å². The minimum Gasteiger partial charge on any atom is -0.413 e. The van der Waals surface area contributed by atoms with Crippen LogP contribution in [0.25, 0.3) is 11.4 Å².